The summed E-state index contributed by atoms with van der Waals surface area (Å²) in [7, 11) is 0. The molecule has 0 aromatic heterocycles. The summed E-state index contributed by atoms with van der Waals surface area (Å²) in [6.07, 6.45) is 8.49. The minimum Gasteiger partial charge on any atom is -0.458 e. The molecular formula is C32H38O3. The Morgan fingerprint density at radius 3 is 2.17 bits per heavy atom. The maximum absolute atomic E-state index is 11.7. The van der Waals surface area contributed by atoms with E-state index in [9.17, 15) is 9.90 Å². The first-order valence-electron chi connectivity index (χ1n) is 12.8. The molecule has 0 unspecified atom stereocenters. The van der Waals surface area contributed by atoms with Gasteiger partial charge in [-0.3, -0.25) is 0 Å². The van der Waals surface area contributed by atoms with Gasteiger partial charge in [-0.25, -0.2) is 4.79 Å². The lowest BCUT2D eigenvalue weighted by Crippen LogP contribution is -2.03. The van der Waals surface area contributed by atoms with E-state index in [4.69, 9.17) is 4.74 Å². The van der Waals surface area contributed by atoms with Crippen LogP contribution in [0.2, 0.25) is 0 Å². The summed E-state index contributed by atoms with van der Waals surface area (Å²) in [5.74, 6) is -0.430. The number of hydrogen-bond donors (Lipinski definition) is 1. The summed E-state index contributed by atoms with van der Waals surface area (Å²) in [5.41, 5.74) is 9.42. The highest BCUT2D eigenvalue weighted by atomic mass is 16.5. The van der Waals surface area contributed by atoms with Crippen LogP contribution in [0.1, 0.15) is 61.8 Å². The lowest BCUT2D eigenvalue weighted by molar-refractivity contribution is -0.138. The number of aryl methyl sites for hydroxylation is 3. The van der Waals surface area contributed by atoms with Crippen LogP contribution in [0.3, 0.4) is 0 Å². The van der Waals surface area contributed by atoms with Crippen LogP contribution in [-0.2, 0) is 35.4 Å². The molecule has 0 radical (unpaired) electrons. The van der Waals surface area contributed by atoms with Gasteiger partial charge in [0, 0.05) is 12.7 Å². The monoisotopic (exact) mass is 470 g/mol. The van der Waals surface area contributed by atoms with Crippen molar-refractivity contribution in [3.63, 3.8) is 0 Å². The summed E-state index contributed by atoms with van der Waals surface area (Å²) in [6.45, 7) is 8.26. The average Bonchev–Trinajstić information content (AvgIpc) is 2.90. The molecule has 0 spiro atoms. The third-order valence-corrected chi connectivity index (χ3v) is 6.46. The van der Waals surface area contributed by atoms with Gasteiger partial charge < -0.3 is 9.84 Å². The first-order chi connectivity index (χ1) is 17.1. The number of benzene rings is 3. The van der Waals surface area contributed by atoms with E-state index in [-0.39, 0.29) is 13.2 Å². The second kappa shape index (κ2) is 13.7. The van der Waals surface area contributed by atoms with E-state index in [1.54, 1.807) is 0 Å². The molecule has 3 aromatic carbocycles. The van der Waals surface area contributed by atoms with Gasteiger partial charge in [0.05, 0.1) is 0 Å². The predicted octanol–water partition coefficient (Wildman–Crippen LogP) is 7.47. The van der Waals surface area contributed by atoms with Gasteiger partial charge in [-0.05, 0) is 76.6 Å². The molecule has 0 aliphatic heterocycles. The van der Waals surface area contributed by atoms with Crippen molar-refractivity contribution in [3.8, 4) is 22.3 Å². The lowest BCUT2D eigenvalue weighted by Gasteiger charge is -2.16. The number of carbonyl (C=O) groups excluding carboxylic acids is 1. The van der Waals surface area contributed by atoms with E-state index < -0.39 is 5.97 Å². The Hall–Kier alpha value is -3.17. The van der Waals surface area contributed by atoms with Crippen molar-refractivity contribution in [2.45, 2.75) is 65.4 Å². The SMILES string of the molecule is C=CC(=O)OCc1cc(CCCO)ccc1-c1ccc(-c2ccc(CCCCC)cc2)cc1CC. The lowest BCUT2D eigenvalue weighted by atomic mass is 9.90. The first-order valence-corrected chi connectivity index (χ1v) is 12.8. The molecule has 3 heteroatoms. The number of unbranched alkanes of at least 4 members (excludes halogenated alkanes) is 2. The first kappa shape index (κ1) is 26.4. The van der Waals surface area contributed by atoms with Crippen LogP contribution < -0.4 is 0 Å². The van der Waals surface area contributed by atoms with Crippen LogP contribution in [0.5, 0.6) is 0 Å². The molecule has 0 fully saturated rings. The molecule has 0 aliphatic rings. The van der Waals surface area contributed by atoms with E-state index in [1.807, 2.05) is 0 Å². The van der Waals surface area contributed by atoms with Crippen molar-refractivity contribution in [1.82, 2.24) is 0 Å². The number of aliphatic hydroxyl groups excluding tert-OH is 1. The number of ether oxygens (including phenoxy) is 1. The number of esters is 1. The van der Waals surface area contributed by atoms with Gasteiger partial charge in [-0.15, -0.1) is 0 Å². The van der Waals surface area contributed by atoms with E-state index in [2.05, 4.69) is 81.1 Å². The van der Waals surface area contributed by atoms with E-state index in [0.717, 1.165) is 41.5 Å². The molecule has 1 N–H and O–H groups in total. The molecule has 0 aliphatic carbocycles. The predicted molar refractivity (Wildman–Crippen MR) is 145 cm³/mol. The Bertz CT molecular complexity index is 1110. The van der Waals surface area contributed by atoms with Crippen molar-refractivity contribution in [2.24, 2.45) is 0 Å². The Balaban J connectivity index is 1.91. The molecule has 0 atom stereocenters. The van der Waals surface area contributed by atoms with Gasteiger partial charge in [0.15, 0.2) is 0 Å². The van der Waals surface area contributed by atoms with Crippen molar-refractivity contribution < 1.29 is 14.6 Å². The van der Waals surface area contributed by atoms with Crippen molar-refractivity contribution in [3.05, 3.63) is 95.6 Å². The maximum atomic E-state index is 11.7. The molecule has 3 rings (SSSR count). The Morgan fingerprint density at radius 2 is 1.49 bits per heavy atom. The molecule has 184 valence electrons. The van der Waals surface area contributed by atoms with Gasteiger partial charge in [0.2, 0.25) is 0 Å². The standard InChI is InChI=1S/C32H38O3/c1-4-7-8-10-24-12-15-27(16-13-24)28-17-19-30(26(5-2)22-28)31-18-14-25(11-9-20-33)21-29(31)23-35-32(34)6-3/h6,12-19,21-22,33H,3-5,7-11,20,23H2,1-2H3. The highest BCUT2D eigenvalue weighted by Gasteiger charge is 2.13. The van der Waals surface area contributed by atoms with Crippen LogP contribution in [-0.4, -0.2) is 17.7 Å². The van der Waals surface area contributed by atoms with Gasteiger partial charge in [0.25, 0.3) is 0 Å². The fourth-order valence-electron chi connectivity index (χ4n) is 4.45. The fourth-order valence-corrected chi connectivity index (χ4v) is 4.45. The Kier molecular flexibility index (Phi) is 10.3. The van der Waals surface area contributed by atoms with Crippen LogP contribution in [0, 0.1) is 0 Å². The summed E-state index contributed by atoms with van der Waals surface area (Å²) >= 11 is 0. The van der Waals surface area contributed by atoms with E-state index >= 15 is 0 Å². The van der Waals surface area contributed by atoms with Gasteiger partial charge in [0.1, 0.15) is 6.61 Å². The Labute approximate surface area is 210 Å². The fraction of sp³-hybridized carbons (Fsp3) is 0.344. The molecule has 35 heavy (non-hydrogen) atoms. The molecule has 0 amide bonds. The molecule has 0 bridgehead atoms. The highest BCUT2D eigenvalue weighted by molar-refractivity contribution is 5.81. The van der Waals surface area contributed by atoms with E-state index in [1.165, 1.54) is 47.6 Å². The zero-order valence-electron chi connectivity index (χ0n) is 21.2. The van der Waals surface area contributed by atoms with Crippen LogP contribution >= 0.6 is 0 Å². The van der Waals surface area contributed by atoms with Crippen LogP contribution in [0.15, 0.2) is 73.3 Å². The highest BCUT2D eigenvalue weighted by Crippen LogP contribution is 2.33. The summed E-state index contributed by atoms with van der Waals surface area (Å²) in [4.78, 5) is 11.7. The maximum Gasteiger partial charge on any atom is 0.330 e. The molecular weight excluding hydrogens is 432 g/mol. The molecule has 3 nitrogen and oxygen atoms in total. The largest absolute Gasteiger partial charge is 0.458 e. The van der Waals surface area contributed by atoms with Gasteiger partial charge >= 0.3 is 5.97 Å². The Morgan fingerprint density at radius 1 is 0.829 bits per heavy atom. The zero-order valence-corrected chi connectivity index (χ0v) is 21.2. The van der Waals surface area contributed by atoms with Crippen molar-refractivity contribution in [1.29, 1.82) is 0 Å². The smallest absolute Gasteiger partial charge is 0.330 e. The normalized spacial score (nSPS) is 10.8. The molecule has 3 aromatic rings. The number of rotatable bonds is 13. The number of hydrogen-bond acceptors (Lipinski definition) is 3. The zero-order chi connectivity index (χ0) is 25.0. The van der Waals surface area contributed by atoms with Gasteiger partial charge in [-0.1, -0.05) is 93.9 Å². The van der Waals surface area contributed by atoms with Crippen molar-refractivity contribution >= 4 is 5.97 Å². The quantitative estimate of drug-likeness (QED) is 0.160. The van der Waals surface area contributed by atoms with Crippen molar-refractivity contribution in [2.75, 3.05) is 6.61 Å². The summed E-state index contributed by atoms with van der Waals surface area (Å²) in [6, 6.07) is 21.9. The van der Waals surface area contributed by atoms with E-state index in [0.29, 0.717) is 6.42 Å². The van der Waals surface area contributed by atoms with Gasteiger partial charge in [-0.2, -0.15) is 0 Å². The second-order valence-electron chi connectivity index (χ2n) is 9.01. The molecule has 0 saturated heterocycles. The van der Waals surface area contributed by atoms with Crippen LogP contribution in [0.25, 0.3) is 22.3 Å². The minimum atomic E-state index is -0.430. The second-order valence-corrected chi connectivity index (χ2v) is 9.01. The number of aliphatic hydroxyl groups is 1. The third kappa shape index (κ3) is 7.40. The molecule has 0 heterocycles. The van der Waals surface area contributed by atoms with Crippen LogP contribution in [0.4, 0.5) is 0 Å². The summed E-state index contributed by atoms with van der Waals surface area (Å²) in [5, 5.41) is 9.21. The topological polar surface area (TPSA) is 46.5 Å². The number of carbonyl (C=O) groups is 1. The average molecular weight is 471 g/mol. The summed E-state index contributed by atoms with van der Waals surface area (Å²) < 4.78 is 5.41. The molecule has 0 saturated carbocycles. The minimum absolute atomic E-state index is 0.156. The third-order valence-electron chi connectivity index (χ3n) is 6.46.